The van der Waals surface area contributed by atoms with E-state index in [-0.39, 0.29) is 17.1 Å². The SMILES string of the molecule is O=P.[Fe].c1ccc(Pc2ccccc2)cc1. The Balaban J connectivity index is 0.000000711. The average Bonchev–Trinajstić information content (AvgIpc) is 2.34. The van der Waals surface area contributed by atoms with Gasteiger partial charge in [-0.15, -0.1) is 0 Å². The van der Waals surface area contributed by atoms with Gasteiger partial charge in [0.2, 0.25) is 0 Å². The van der Waals surface area contributed by atoms with E-state index < -0.39 is 0 Å². The van der Waals surface area contributed by atoms with Gasteiger partial charge in [0.05, 0.1) is 0 Å². The third kappa shape index (κ3) is 5.54. The predicted octanol–water partition coefficient (Wildman–Crippen LogP) is 2.79. The molecule has 4 heteroatoms. The van der Waals surface area contributed by atoms with Crippen LogP contribution in [-0.2, 0) is 21.6 Å². The van der Waals surface area contributed by atoms with Gasteiger partial charge in [0, 0.05) is 17.1 Å². The van der Waals surface area contributed by atoms with E-state index >= 15 is 0 Å². The molecule has 0 radical (unpaired) electrons. The second-order valence-corrected chi connectivity index (χ2v) is 4.26. The summed E-state index contributed by atoms with van der Waals surface area (Å²) >= 11 is 0. The fraction of sp³-hybridized carbons (Fsp3) is 0. The summed E-state index contributed by atoms with van der Waals surface area (Å²) < 4.78 is 8.06. The maximum Gasteiger partial charge on any atom is 0.138 e. The van der Waals surface area contributed by atoms with Crippen molar-refractivity contribution in [2.75, 3.05) is 0 Å². The van der Waals surface area contributed by atoms with E-state index in [1.165, 1.54) is 10.6 Å². The zero-order chi connectivity index (χ0) is 10.9. The molecule has 0 saturated carbocycles. The molecule has 16 heavy (non-hydrogen) atoms. The van der Waals surface area contributed by atoms with Gasteiger partial charge in [-0.1, -0.05) is 69.2 Å². The van der Waals surface area contributed by atoms with Gasteiger partial charge < -0.3 is 0 Å². The molecule has 2 rings (SSSR count). The molecule has 0 atom stereocenters. The van der Waals surface area contributed by atoms with Crippen molar-refractivity contribution in [2.45, 2.75) is 0 Å². The van der Waals surface area contributed by atoms with Gasteiger partial charge >= 0.3 is 0 Å². The van der Waals surface area contributed by atoms with Gasteiger partial charge in [0.1, 0.15) is 9.12 Å². The monoisotopic (exact) mass is 290 g/mol. The quantitative estimate of drug-likeness (QED) is 0.614. The number of rotatable bonds is 2. The van der Waals surface area contributed by atoms with E-state index in [4.69, 9.17) is 4.57 Å². The van der Waals surface area contributed by atoms with E-state index in [9.17, 15) is 0 Å². The van der Waals surface area contributed by atoms with Crippen LogP contribution in [0.25, 0.3) is 0 Å². The summed E-state index contributed by atoms with van der Waals surface area (Å²) in [7, 11) is 2.50. The minimum Gasteiger partial charge on any atom is -0.279 e. The molecule has 0 spiro atoms. The molecule has 0 N–H and O–H groups in total. The third-order valence-electron chi connectivity index (χ3n) is 1.84. The number of hydrogen-bond donors (Lipinski definition) is 0. The summed E-state index contributed by atoms with van der Waals surface area (Å²) in [4.78, 5) is 0. The van der Waals surface area contributed by atoms with Crippen molar-refractivity contribution in [2.24, 2.45) is 0 Å². The molecule has 0 aliphatic heterocycles. The molecule has 0 aliphatic carbocycles. The van der Waals surface area contributed by atoms with E-state index in [1.54, 1.807) is 9.12 Å². The van der Waals surface area contributed by atoms with Crippen LogP contribution in [0.3, 0.4) is 0 Å². The molecule has 0 saturated heterocycles. The van der Waals surface area contributed by atoms with Gasteiger partial charge in [-0.25, -0.2) is 0 Å². The first-order valence-electron chi connectivity index (χ1n) is 4.53. The minimum absolute atomic E-state index is 0. The second kappa shape index (κ2) is 9.70. The molecule has 0 amide bonds. The topological polar surface area (TPSA) is 17.1 Å². The maximum atomic E-state index is 8.06. The van der Waals surface area contributed by atoms with Crippen LogP contribution >= 0.6 is 17.7 Å². The molecule has 2 aromatic carbocycles. The van der Waals surface area contributed by atoms with Gasteiger partial charge in [0.15, 0.2) is 0 Å². The largest absolute Gasteiger partial charge is 0.279 e. The summed E-state index contributed by atoms with van der Waals surface area (Å²) in [5, 5.41) is 2.79. The van der Waals surface area contributed by atoms with Crippen molar-refractivity contribution in [3.05, 3.63) is 60.7 Å². The van der Waals surface area contributed by atoms with E-state index in [0.717, 1.165) is 8.58 Å². The zero-order valence-electron chi connectivity index (χ0n) is 8.54. The molecule has 0 bridgehead atoms. The Morgan fingerprint density at radius 2 is 1.00 bits per heavy atom. The Morgan fingerprint density at radius 1 is 0.688 bits per heavy atom. The molecule has 0 aromatic heterocycles. The minimum atomic E-state index is 0. The third-order valence-corrected chi connectivity index (χ3v) is 3.08. The second-order valence-electron chi connectivity index (χ2n) is 2.86. The first-order valence-corrected chi connectivity index (χ1v) is 5.93. The van der Waals surface area contributed by atoms with Crippen LogP contribution in [0, 0.1) is 0 Å². The van der Waals surface area contributed by atoms with Crippen molar-refractivity contribution in [3.8, 4) is 0 Å². The van der Waals surface area contributed by atoms with E-state index in [1.807, 2.05) is 0 Å². The molecule has 1 nitrogen and oxygen atoms in total. The van der Waals surface area contributed by atoms with E-state index in [0.29, 0.717) is 0 Å². The smallest absolute Gasteiger partial charge is 0.138 e. The van der Waals surface area contributed by atoms with Crippen LogP contribution in [-0.4, -0.2) is 0 Å². The summed E-state index contributed by atoms with van der Waals surface area (Å²) in [5.41, 5.74) is 0. The van der Waals surface area contributed by atoms with Crippen LogP contribution in [0.1, 0.15) is 0 Å². The van der Waals surface area contributed by atoms with Gasteiger partial charge in [0.25, 0.3) is 0 Å². The van der Waals surface area contributed by atoms with Crippen LogP contribution < -0.4 is 10.6 Å². The normalized spacial score (nSPS) is 8.25. The summed E-state index contributed by atoms with van der Waals surface area (Å²) in [6, 6.07) is 21.2. The summed E-state index contributed by atoms with van der Waals surface area (Å²) in [6.07, 6.45) is 0. The number of benzene rings is 2. The van der Waals surface area contributed by atoms with E-state index in [2.05, 4.69) is 60.7 Å². The van der Waals surface area contributed by atoms with Crippen LogP contribution in [0.2, 0.25) is 0 Å². The number of hydrogen-bond acceptors (Lipinski definition) is 1. The predicted molar refractivity (Wildman–Crippen MR) is 69.5 cm³/mol. The molecule has 0 heterocycles. The Morgan fingerprint density at radius 3 is 1.31 bits per heavy atom. The summed E-state index contributed by atoms with van der Waals surface area (Å²) in [5.74, 6) is 0. The fourth-order valence-corrected chi connectivity index (χ4v) is 2.26. The first-order chi connectivity index (χ1) is 7.45. The first kappa shape index (κ1) is 15.5. The fourth-order valence-electron chi connectivity index (χ4n) is 1.21. The van der Waals surface area contributed by atoms with Crippen LogP contribution in [0.4, 0.5) is 0 Å². The van der Waals surface area contributed by atoms with Gasteiger partial charge in [-0.05, 0) is 10.6 Å². The molecule has 84 valence electrons. The van der Waals surface area contributed by atoms with Crippen LogP contribution in [0.5, 0.6) is 0 Å². The molecular weight excluding hydrogens is 278 g/mol. The molecule has 0 fully saturated rings. The molecule has 0 aliphatic rings. The molecule has 2 aromatic rings. The van der Waals surface area contributed by atoms with Crippen molar-refractivity contribution in [1.82, 2.24) is 0 Å². The Labute approximate surface area is 111 Å². The molecular formula is C12H12FeOP2. The van der Waals surface area contributed by atoms with Crippen molar-refractivity contribution >= 4 is 28.3 Å². The van der Waals surface area contributed by atoms with Gasteiger partial charge in [-0.3, -0.25) is 4.57 Å². The maximum absolute atomic E-state index is 8.06. The van der Waals surface area contributed by atoms with Crippen molar-refractivity contribution < 1.29 is 21.6 Å². The summed E-state index contributed by atoms with van der Waals surface area (Å²) in [6.45, 7) is 0. The van der Waals surface area contributed by atoms with Gasteiger partial charge in [-0.2, -0.15) is 0 Å². The Kier molecular flexibility index (Phi) is 9.39. The Bertz CT molecular complexity index is 343. The Hall–Kier alpha value is -0.511. The zero-order valence-corrected chi connectivity index (χ0v) is 11.6. The molecule has 0 unspecified atom stereocenters. The average molecular weight is 290 g/mol. The van der Waals surface area contributed by atoms with Crippen LogP contribution in [0.15, 0.2) is 60.7 Å². The van der Waals surface area contributed by atoms with Crippen molar-refractivity contribution in [1.29, 1.82) is 0 Å². The van der Waals surface area contributed by atoms with Crippen molar-refractivity contribution in [3.63, 3.8) is 0 Å². The standard InChI is InChI=1S/C12H11P.Fe.HOP/c1-3-7-11(8-4-1)13-12-9-5-2-6-10-12;;1-2/h1-10,13H;;2H.